The molecule has 0 spiro atoms. The third-order valence-corrected chi connectivity index (χ3v) is 7.00. The second-order valence-corrected chi connectivity index (χ2v) is 9.36. The smallest absolute Gasteiger partial charge is 0.200 e. The largest absolute Gasteiger partial charge is 0.411 e. The van der Waals surface area contributed by atoms with E-state index in [0.29, 0.717) is 11.8 Å². The van der Waals surface area contributed by atoms with Crippen LogP contribution in [-0.4, -0.2) is 68.6 Å². The van der Waals surface area contributed by atoms with Gasteiger partial charge in [0.25, 0.3) is 0 Å². The average molecular weight is 448 g/mol. The van der Waals surface area contributed by atoms with Crippen LogP contribution in [0.25, 0.3) is 16.6 Å². The Balaban J connectivity index is 1.44. The van der Waals surface area contributed by atoms with Crippen LogP contribution in [0.1, 0.15) is 18.9 Å². The van der Waals surface area contributed by atoms with E-state index in [0.717, 1.165) is 45.3 Å². The standard InChI is InChI=1S/C23H25N7OS/c1-15(27-31)16-4-7-22-25-26-23(30(22)13-16)32-20-5-6-21-17(11-20)10-19(12-24-21)29-9-8-18(14-29)28(2)3/h4-7,10-13,18,31H,8-9,14H2,1-3H3/b27-15-. The van der Waals surface area contributed by atoms with Crippen molar-refractivity contribution in [1.29, 1.82) is 0 Å². The fraction of sp³-hybridized carbons (Fsp3) is 0.304. The van der Waals surface area contributed by atoms with Gasteiger partial charge in [-0.05, 0) is 75.6 Å². The van der Waals surface area contributed by atoms with E-state index in [1.54, 1.807) is 18.7 Å². The first kappa shape index (κ1) is 20.7. The molecule has 0 aliphatic carbocycles. The first-order chi connectivity index (χ1) is 15.5. The van der Waals surface area contributed by atoms with Crippen LogP contribution in [0.2, 0.25) is 0 Å². The zero-order valence-electron chi connectivity index (χ0n) is 18.3. The first-order valence-electron chi connectivity index (χ1n) is 10.5. The van der Waals surface area contributed by atoms with E-state index in [1.807, 2.05) is 35.0 Å². The third kappa shape index (κ3) is 3.89. The Morgan fingerprint density at radius 2 is 2.06 bits per heavy atom. The van der Waals surface area contributed by atoms with Gasteiger partial charge in [-0.15, -0.1) is 10.2 Å². The molecular weight excluding hydrogens is 422 g/mol. The lowest BCUT2D eigenvalue weighted by molar-refractivity contribution is 0.315. The van der Waals surface area contributed by atoms with Crippen LogP contribution >= 0.6 is 11.8 Å². The number of aromatic nitrogens is 4. The fourth-order valence-electron chi connectivity index (χ4n) is 4.05. The van der Waals surface area contributed by atoms with Gasteiger partial charge in [-0.2, -0.15) is 0 Å². The number of anilines is 1. The van der Waals surface area contributed by atoms with E-state index in [-0.39, 0.29) is 0 Å². The quantitative estimate of drug-likeness (QED) is 0.283. The maximum atomic E-state index is 9.09. The number of hydrogen-bond donors (Lipinski definition) is 1. The Labute approximate surface area is 190 Å². The maximum absolute atomic E-state index is 9.09. The minimum absolute atomic E-state index is 0.541. The molecule has 1 N–H and O–H groups in total. The summed E-state index contributed by atoms with van der Waals surface area (Å²) >= 11 is 1.55. The summed E-state index contributed by atoms with van der Waals surface area (Å²) in [5.41, 5.74) is 4.25. The summed E-state index contributed by atoms with van der Waals surface area (Å²) in [5.74, 6) is 0. The molecule has 1 atom stereocenters. The highest BCUT2D eigenvalue weighted by molar-refractivity contribution is 7.99. The summed E-state index contributed by atoms with van der Waals surface area (Å²) in [7, 11) is 4.29. The highest BCUT2D eigenvalue weighted by Gasteiger charge is 2.24. The Kier molecular flexibility index (Phi) is 5.44. The average Bonchev–Trinajstić information content (AvgIpc) is 3.46. The Morgan fingerprint density at radius 3 is 2.84 bits per heavy atom. The second kappa shape index (κ2) is 8.40. The number of benzene rings is 1. The number of hydrogen-bond acceptors (Lipinski definition) is 8. The van der Waals surface area contributed by atoms with Gasteiger partial charge in [0.2, 0.25) is 0 Å². The predicted molar refractivity (Wildman–Crippen MR) is 127 cm³/mol. The SMILES string of the molecule is C/C(=N/O)c1ccc2nnc(Sc3ccc4ncc(N5CCC(N(C)C)C5)cc4c3)n2c1. The zero-order chi connectivity index (χ0) is 22.2. The molecule has 3 aromatic heterocycles. The van der Waals surface area contributed by atoms with Gasteiger partial charge in [0, 0.05) is 41.2 Å². The second-order valence-electron chi connectivity index (χ2n) is 8.32. The van der Waals surface area contributed by atoms with Crippen molar-refractivity contribution in [3.05, 3.63) is 54.4 Å². The molecule has 32 heavy (non-hydrogen) atoms. The van der Waals surface area contributed by atoms with E-state index in [4.69, 9.17) is 5.21 Å². The molecule has 4 heterocycles. The van der Waals surface area contributed by atoms with Gasteiger partial charge in [0.15, 0.2) is 10.8 Å². The molecule has 5 rings (SSSR count). The van der Waals surface area contributed by atoms with Crippen molar-refractivity contribution in [2.75, 3.05) is 32.1 Å². The molecule has 0 radical (unpaired) electrons. The molecule has 1 aliphatic rings. The van der Waals surface area contributed by atoms with Gasteiger partial charge in [0.1, 0.15) is 0 Å². The summed E-state index contributed by atoms with van der Waals surface area (Å²) in [6, 6.07) is 12.8. The highest BCUT2D eigenvalue weighted by Crippen LogP contribution is 2.31. The van der Waals surface area contributed by atoms with E-state index in [9.17, 15) is 0 Å². The lowest BCUT2D eigenvalue weighted by Gasteiger charge is -2.21. The molecule has 1 fully saturated rings. The molecule has 8 nitrogen and oxygen atoms in total. The lowest BCUT2D eigenvalue weighted by atomic mass is 10.2. The molecule has 1 aromatic carbocycles. The van der Waals surface area contributed by atoms with E-state index >= 15 is 0 Å². The van der Waals surface area contributed by atoms with Gasteiger partial charge in [0.05, 0.1) is 23.1 Å². The molecule has 4 aromatic rings. The van der Waals surface area contributed by atoms with Gasteiger partial charge >= 0.3 is 0 Å². The Bertz CT molecular complexity index is 1320. The summed E-state index contributed by atoms with van der Waals surface area (Å²) in [5, 5.41) is 22.9. The molecule has 1 aliphatic heterocycles. The zero-order valence-corrected chi connectivity index (χ0v) is 19.1. The number of rotatable bonds is 5. The fourth-order valence-corrected chi connectivity index (χ4v) is 4.91. The molecule has 0 amide bonds. The topological polar surface area (TPSA) is 82.1 Å². The normalized spacial score (nSPS) is 17.2. The molecule has 1 unspecified atom stereocenters. The van der Waals surface area contributed by atoms with E-state index < -0.39 is 0 Å². The first-order valence-corrected chi connectivity index (χ1v) is 11.4. The van der Waals surface area contributed by atoms with Crippen molar-refractivity contribution >= 4 is 39.7 Å². The molecule has 0 saturated carbocycles. The van der Waals surface area contributed by atoms with Crippen molar-refractivity contribution in [2.24, 2.45) is 5.16 Å². The van der Waals surface area contributed by atoms with Crippen molar-refractivity contribution in [3.8, 4) is 0 Å². The van der Waals surface area contributed by atoms with Crippen LogP contribution in [-0.2, 0) is 0 Å². The molecule has 1 saturated heterocycles. The summed E-state index contributed by atoms with van der Waals surface area (Å²) < 4.78 is 1.92. The van der Waals surface area contributed by atoms with Gasteiger partial charge in [-0.3, -0.25) is 9.38 Å². The van der Waals surface area contributed by atoms with Crippen LogP contribution in [0.5, 0.6) is 0 Å². The van der Waals surface area contributed by atoms with Gasteiger partial charge in [-0.1, -0.05) is 5.16 Å². The molecular formula is C23H25N7OS. The van der Waals surface area contributed by atoms with Gasteiger partial charge in [-0.25, -0.2) is 0 Å². The van der Waals surface area contributed by atoms with Crippen LogP contribution in [0.15, 0.2) is 64.0 Å². The molecule has 9 heteroatoms. The number of nitrogens with zero attached hydrogens (tertiary/aromatic N) is 7. The van der Waals surface area contributed by atoms with Crippen LogP contribution in [0, 0.1) is 0 Å². The Hall–Kier alpha value is -3.17. The van der Waals surface area contributed by atoms with E-state index in [2.05, 4.69) is 62.4 Å². The predicted octanol–water partition coefficient (Wildman–Crippen LogP) is 3.77. The van der Waals surface area contributed by atoms with Crippen molar-refractivity contribution in [1.82, 2.24) is 24.5 Å². The van der Waals surface area contributed by atoms with Crippen LogP contribution in [0.3, 0.4) is 0 Å². The Morgan fingerprint density at radius 1 is 1.19 bits per heavy atom. The number of likely N-dealkylation sites (N-methyl/N-ethyl adjacent to an activating group) is 1. The lowest BCUT2D eigenvalue weighted by Crippen LogP contribution is -2.31. The molecule has 0 bridgehead atoms. The number of pyridine rings is 2. The van der Waals surface area contributed by atoms with Crippen molar-refractivity contribution in [3.63, 3.8) is 0 Å². The number of fused-ring (bicyclic) bond motifs is 2. The van der Waals surface area contributed by atoms with Crippen LogP contribution in [0.4, 0.5) is 5.69 Å². The third-order valence-electron chi connectivity index (χ3n) is 6.05. The van der Waals surface area contributed by atoms with Crippen molar-refractivity contribution in [2.45, 2.75) is 29.4 Å². The highest BCUT2D eigenvalue weighted by atomic mass is 32.2. The number of oxime groups is 1. The summed E-state index contributed by atoms with van der Waals surface area (Å²) in [4.78, 5) is 10.5. The monoisotopic (exact) mass is 447 g/mol. The van der Waals surface area contributed by atoms with Gasteiger partial charge < -0.3 is 15.0 Å². The minimum Gasteiger partial charge on any atom is -0.411 e. The van der Waals surface area contributed by atoms with Crippen molar-refractivity contribution < 1.29 is 5.21 Å². The van der Waals surface area contributed by atoms with E-state index in [1.165, 1.54) is 12.1 Å². The summed E-state index contributed by atoms with van der Waals surface area (Å²) in [6.07, 6.45) is 5.04. The minimum atomic E-state index is 0.541. The van der Waals surface area contributed by atoms with Crippen LogP contribution < -0.4 is 4.90 Å². The molecule has 164 valence electrons. The summed E-state index contributed by atoms with van der Waals surface area (Å²) in [6.45, 7) is 3.84. The maximum Gasteiger partial charge on any atom is 0.200 e.